The summed E-state index contributed by atoms with van der Waals surface area (Å²) in [7, 11) is 3.19. The smallest absolute Gasteiger partial charge is 0.380 e. The summed E-state index contributed by atoms with van der Waals surface area (Å²) in [6.07, 6.45) is -5.00. The van der Waals surface area contributed by atoms with Crippen LogP contribution in [-0.4, -0.2) is 32.5 Å². The number of ether oxygens (including phenoxy) is 1. The summed E-state index contributed by atoms with van der Waals surface area (Å²) < 4.78 is 41.4. The Labute approximate surface area is 89.2 Å². The molecule has 0 radical (unpaired) electrons. The lowest BCUT2D eigenvalue weighted by Gasteiger charge is -2.29. The standard InChI is InChI=1S/C10H20F3NO/c1-7(2)9(15-4)8(14-3)5-6-10(11,12)13/h7-9,14H,5-6H2,1-4H3. The van der Waals surface area contributed by atoms with Gasteiger partial charge in [0.2, 0.25) is 0 Å². The first kappa shape index (κ1) is 14.7. The molecule has 92 valence electrons. The number of hydrogen-bond acceptors (Lipinski definition) is 2. The predicted molar refractivity (Wildman–Crippen MR) is 53.8 cm³/mol. The zero-order chi connectivity index (χ0) is 12.1. The van der Waals surface area contributed by atoms with Crippen molar-refractivity contribution in [2.45, 2.75) is 45.0 Å². The van der Waals surface area contributed by atoms with Crippen molar-refractivity contribution in [1.29, 1.82) is 0 Å². The maximum atomic E-state index is 12.1. The molecule has 1 N–H and O–H groups in total. The summed E-state index contributed by atoms with van der Waals surface area (Å²) in [5.41, 5.74) is 0. The third-order valence-corrected chi connectivity index (χ3v) is 2.44. The Hall–Kier alpha value is -0.290. The third-order valence-electron chi connectivity index (χ3n) is 2.44. The van der Waals surface area contributed by atoms with Gasteiger partial charge in [0.15, 0.2) is 0 Å². The first-order valence-corrected chi connectivity index (χ1v) is 5.08. The molecule has 0 amide bonds. The van der Waals surface area contributed by atoms with Crippen LogP contribution >= 0.6 is 0 Å². The van der Waals surface area contributed by atoms with Gasteiger partial charge in [-0.15, -0.1) is 0 Å². The second-order valence-electron chi connectivity index (χ2n) is 3.99. The van der Waals surface area contributed by atoms with Gasteiger partial charge in [0.1, 0.15) is 0 Å². The Morgan fingerprint density at radius 2 is 1.80 bits per heavy atom. The van der Waals surface area contributed by atoms with E-state index in [9.17, 15) is 13.2 Å². The fourth-order valence-electron chi connectivity index (χ4n) is 1.69. The van der Waals surface area contributed by atoms with Crippen LogP contribution in [0.4, 0.5) is 13.2 Å². The van der Waals surface area contributed by atoms with Crippen LogP contribution in [0.25, 0.3) is 0 Å². The Morgan fingerprint density at radius 1 is 1.27 bits per heavy atom. The largest absolute Gasteiger partial charge is 0.389 e. The van der Waals surface area contributed by atoms with Gasteiger partial charge in [-0.2, -0.15) is 13.2 Å². The molecule has 0 aromatic heterocycles. The molecule has 0 aromatic rings. The molecule has 0 saturated carbocycles. The minimum absolute atomic E-state index is 0.0523. The third kappa shape index (κ3) is 5.99. The van der Waals surface area contributed by atoms with Crippen molar-refractivity contribution in [2.24, 2.45) is 5.92 Å². The van der Waals surface area contributed by atoms with E-state index in [2.05, 4.69) is 5.32 Å². The molecule has 0 aromatic carbocycles. The number of nitrogens with one attached hydrogen (secondary N) is 1. The molecule has 0 aliphatic rings. The average Bonchev–Trinajstić information content (AvgIpc) is 2.09. The lowest BCUT2D eigenvalue weighted by atomic mass is 9.96. The molecular weight excluding hydrogens is 207 g/mol. The van der Waals surface area contributed by atoms with E-state index in [1.54, 1.807) is 7.05 Å². The number of rotatable bonds is 6. The Bertz CT molecular complexity index is 171. The van der Waals surface area contributed by atoms with Crippen molar-refractivity contribution in [3.8, 4) is 0 Å². The average molecular weight is 227 g/mol. The van der Waals surface area contributed by atoms with Gasteiger partial charge in [-0.1, -0.05) is 13.8 Å². The quantitative estimate of drug-likeness (QED) is 0.753. The van der Waals surface area contributed by atoms with E-state index in [1.165, 1.54) is 7.11 Å². The lowest BCUT2D eigenvalue weighted by molar-refractivity contribution is -0.138. The Kier molecular flexibility index (Phi) is 6.20. The van der Waals surface area contributed by atoms with Gasteiger partial charge >= 0.3 is 6.18 Å². The molecule has 0 spiro atoms. The maximum absolute atomic E-state index is 12.1. The fourth-order valence-corrected chi connectivity index (χ4v) is 1.69. The van der Waals surface area contributed by atoms with Crippen molar-refractivity contribution >= 4 is 0 Å². The highest BCUT2D eigenvalue weighted by atomic mass is 19.4. The Morgan fingerprint density at radius 3 is 2.07 bits per heavy atom. The zero-order valence-electron chi connectivity index (χ0n) is 9.69. The number of hydrogen-bond donors (Lipinski definition) is 1. The van der Waals surface area contributed by atoms with Crippen LogP contribution in [0.3, 0.4) is 0 Å². The molecule has 0 bridgehead atoms. The molecule has 0 rings (SSSR count). The second-order valence-corrected chi connectivity index (χ2v) is 3.99. The SMILES string of the molecule is CNC(CCC(F)(F)F)C(OC)C(C)C. The van der Waals surface area contributed by atoms with Crippen molar-refractivity contribution in [3.63, 3.8) is 0 Å². The monoisotopic (exact) mass is 227 g/mol. The van der Waals surface area contributed by atoms with Crippen LogP contribution in [0.5, 0.6) is 0 Å². The van der Waals surface area contributed by atoms with Gasteiger partial charge in [-0.3, -0.25) is 0 Å². The molecule has 2 unspecified atom stereocenters. The van der Waals surface area contributed by atoms with E-state index >= 15 is 0 Å². The van der Waals surface area contributed by atoms with Crippen LogP contribution in [0.2, 0.25) is 0 Å². The second kappa shape index (κ2) is 6.33. The Balaban J connectivity index is 4.22. The van der Waals surface area contributed by atoms with Crippen molar-refractivity contribution in [1.82, 2.24) is 5.32 Å². The van der Waals surface area contributed by atoms with Crippen molar-refractivity contribution in [2.75, 3.05) is 14.2 Å². The number of likely N-dealkylation sites (N-methyl/N-ethyl adjacent to an activating group) is 1. The highest BCUT2D eigenvalue weighted by Crippen LogP contribution is 2.24. The highest BCUT2D eigenvalue weighted by Gasteiger charge is 2.31. The maximum Gasteiger partial charge on any atom is 0.389 e. The van der Waals surface area contributed by atoms with Crippen LogP contribution in [0, 0.1) is 5.92 Å². The number of halogens is 3. The molecule has 0 aliphatic heterocycles. The van der Waals surface area contributed by atoms with E-state index in [0.29, 0.717) is 0 Å². The van der Waals surface area contributed by atoms with Crippen LogP contribution < -0.4 is 5.32 Å². The number of methoxy groups -OCH3 is 1. The molecule has 0 fully saturated rings. The van der Waals surface area contributed by atoms with E-state index in [-0.39, 0.29) is 24.5 Å². The summed E-state index contributed by atoms with van der Waals surface area (Å²) in [4.78, 5) is 0. The lowest BCUT2D eigenvalue weighted by Crippen LogP contribution is -2.42. The summed E-state index contributed by atoms with van der Waals surface area (Å²) in [6.45, 7) is 3.87. The van der Waals surface area contributed by atoms with E-state index in [1.807, 2.05) is 13.8 Å². The van der Waals surface area contributed by atoms with Crippen LogP contribution in [0.1, 0.15) is 26.7 Å². The molecule has 2 nitrogen and oxygen atoms in total. The zero-order valence-corrected chi connectivity index (χ0v) is 9.69. The van der Waals surface area contributed by atoms with E-state index in [0.717, 1.165) is 0 Å². The van der Waals surface area contributed by atoms with Gasteiger partial charge in [-0.05, 0) is 19.4 Å². The molecule has 0 aliphatic carbocycles. The topological polar surface area (TPSA) is 21.3 Å². The molecule has 2 atom stereocenters. The molecular formula is C10H20F3NO. The van der Waals surface area contributed by atoms with Crippen LogP contribution in [0.15, 0.2) is 0 Å². The van der Waals surface area contributed by atoms with E-state index in [4.69, 9.17) is 4.74 Å². The van der Waals surface area contributed by atoms with Gasteiger partial charge in [0.25, 0.3) is 0 Å². The first-order valence-electron chi connectivity index (χ1n) is 5.08. The van der Waals surface area contributed by atoms with Crippen molar-refractivity contribution in [3.05, 3.63) is 0 Å². The summed E-state index contributed by atoms with van der Waals surface area (Å²) in [5.74, 6) is 0.195. The first-order chi connectivity index (χ1) is 6.81. The van der Waals surface area contributed by atoms with Gasteiger partial charge in [-0.25, -0.2) is 0 Å². The summed E-state index contributed by atoms with van der Waals surface area (Å²) >= 11 is 0. The molecule has 5 heteroatoms. The van der Waals surface area contributed by atoms with Gasteiger partial charge in [0, 0.05) is 19.6 Å². The predicted octanol–water partition coefficient (Wildman–Crippen LogP) is 2.59. The minimum Gasteiger partial charge on any atom is -0.380 e. The van der Waals surface area contributed by atoms with E-state index < -0.39 is 12.6 Å². The molecule has 0 saturated heterocycles. The van der Waals surface area contributed by atoms with Gasteiger partial charge in [0.05, 0.1) is 6.10 Å². The molecule has 15 heavy (non-hydrogen) atoms. The number of alkyl halides is 3. The minimum atomic E-state index is -4.09. The normalized spacial score (nSPS) is 16.8. The summed E-state index contributed by atoms with van der Waals surface area (Å²) in [5, 5.41) is 2.88. The highest BCUT2D eigenvalue weighted by molar-refractivity contribution is 4.79. The van der Waals surface area contributed by atoms with Crippen LogP contribution in [-0.2, 0) is 4.74 Å². The molecule has 0 heterocycles. The van der Waals surface area contributed by atoms with Gasteiger partial charge < -0.3 is 10.1 Å². The summed E-state index contributed by atoms with van der Waals surface area (Å²) in [6, 6.07) is -0.253. The fraction of sp³-hybridized carbons (Fsp3) is 1.00. The van der Waals surface area contributed by atoms with Crippen molar-refractivity contribution < 1.29 is 17.9 Å².